The molecule has 90 valence electrons. The number of hydrogen-bond donors (Lipinski definition) is 0. The van der Waals surface area contributed by atoms with Gasteiger partial charge in [-0.1, -0.05) is 63.4 Å². The van der Waals surface area contributed by atoms with Gasteiger partial charge in [0.05, 0.1) is 0 Å². The number of unbranched alkanes of at least 4 members (excludes halogenated alkanes) is 1. The van der Waals surface area contributed by atoms with E-state index >= 15 is 0 Å². The van der Waals surface area contributed by atoms with E-state index in [-0.39, 0.29) is 0 Å². The van der Waals surface area contributed by atoms with E-state index in [1.165, 1.54) is 12.8 Å². The molecule has 1 rings (SSSR count). The van der Waals surface area contributed by atoms with Crippen LogP contribution in [0.4, 0.5) is 0 Å². The van der Waals surface area contributed by atoms with Gasteiger partial charge in [0.15, 0.2) is 0 Å². The molecule has 0 spiro atoms. The summed E-state index contributed by atoms with van der Waals surface area (Å²) in [5.74, 6) is 0. The van der Waals surface area contributed by atoms with Gasteiger partial charge in [-0.05, 0) is 12.8 Å². The smallest absolute Gasteiger partial charge is 0.107 e. The maximum atomic E-state index is 12.4. The van der Waals surface area contributed by atoms with Gasteiger partial charge in [0.25, 0.3) is 0 Å². The molecule has 0 bridgehead atoms. The van der Waals surface area contributed by atoms with Crippen molar-refractivity contribution in [3.8, 4) is 0 Å². The Morgan fingerprint density at radius 3 is 2.31 bits per heavy atom. The van der Waals surface area contributed by atoms with Crippen molar-refractivity contribution in [2.45, 2.75) is 51.6 Å². The van der Waals surface area contributed by atoms with E-state index in [2.05, 4.69) is 13.8 Å². The Balaban J connectivity index is 2.67. The number of benzene rings is 1. The lowest BCUT2D eigenvalue weighted by molar-refractivity contribution is 0.561. The van der Waals surface area contributed by atoms with Crippen molar-refractivity contribution in [3.63, 3.8) is 0 Å². The van der Waals surface area contributed by atoms with Crippen molar-refractivity contribution in [3.05, 3.63) is 30.3 Å². The van der Waals surface area contributed by atoms with E-state index in [0.717, 1.165) is 24.6 Å². The minimum Gasteiger partial charge on any atom is -0.322 e. The van der Waals surface area contributed by atoms with Gasteiger partial charge in [0, 0.05) is 11.0 Å². The van der Waals surface area contributed by atoms with Crippen molar-refractivity contribution >= 4 is 13.1 Å². The second kappa shape index (κ2) is 7.68. The monoisotopic (exact) mass is 238 g/mol. The fourth-order valence-corrected chi connectivity index (χ4v) is 4.05. The third-order valence-corrected chi connectivity index (χ3v) is 5.19. The van der Waals surface area contributed by atoms with Crippen LogP contribution in [0.15, 0.2) is 30.3 Å². The first-order chi connectivity index (χ1) is 7.79. The van der Waals surface area contributed by atoms with Crippen LogP contribution in [0.1, 0.15) is 46.0 Å². The molecule has 1 aromatic carbocycles. The molecule has 1 aromatic rings. The molecule has 2 atom stereocenters. The summed E-state index contributed by atoms with van der Waals surface area (Å²) in [4.78, 5) is 0. The van der Waals surface area contributed by atoms with Crippen LogP contribution >= 0.6 is 7.80 Å². The molecule has 0 heterocycles. The third-order valence-electron chi connectivity index (χ3n) is 2.97. The predicted molar refractivity (Wildman–Crippen MR) is 73.3 cm³/mol. The Kier molecular flexibility index (Phi) is 6.49. The van der Waals surface area contributed by atoms with Gasteiger partial charge in [0.2, 0.25) is 0 Å². The van der Waals surface area contributed by atoms with E-state index < -0.39 is 7.80 Å². The maximum absolute atomic E-state index is 12.4. The highest BCUT2D eigenvalue weighted by molar-refractivity contribution is 7.54. The molecule has 1 nitrogen and oxygen atoms in total. The van der Waals surface area contributed by atoms with E-state index in [9.17, 15) is 4.57 Å². The average molecular weight is 238 g/mol. The lowest BCUT2D eigenvalue weighted by atomic mass is 10.1. The molecule has 0 N–H and O–H groups in total. The maximum Gasteiger partial charge on any atom is 0.107 e. The van der Waals surface area contributed by atoms with Crippen LogP contribution in [0.3, 0.4) is 0 Å². The summed E-state index contributed by atoms with van der Waals surface area (Å²) >= 11 is 0. The molecule has 2 unspecified atom stereocenters. The summed E-state index contributed by atoms with van der Waals surface area (Å²) in [7, 11) is -1.59. The highest BCUT2D eigenvalue weighted by Gasteiger charge is 2.16. The molecule has 0 aliphatic heterocycles. The Morgan fingerprint density at radius 2 is 1.75 bits per heavy atom. The first-order valence-corrected chi connectivity index (χ1v) is 7.87. The zero-order chi connectivity index (χ0) is 11.8. The zero-order valence-corrected chi connectivity index (χ0v) is 11.4. The summed E-state index contributed by atoms with van der Waals surface area (Å²) in [6.07, 6.45) is 5.76. The van der Waals surface area contributed by atoms with Crippen molar-refractivity contribution in [2.24, 2.45) is 0 Å². The van der Waals surface area contributed by atoms with Crippen LogP contribution in [0, 0.1) is 0 Å². The molecule has 0 saturated heterocycles. The number of hydrogen-bond acceptors (Lipinski definition) is 1. The second-order valence-corrected chi connectivity index (χ2v) is 6.48. The van der Waals surface area contributed by atoms with Crippen molar-refractivity contribution in [2.75, 3.05) is 0 Å². The first kappa shape index (κ1) is 13.5. The van der Waals surface area contributed by atoms with E-state index in [4.69, 9.17) is 0 Å². The minimum absolute atomic E-state index is 0.414. The molecule has 2 heteroatoms. The summed E-state index contributed by atoms with van der Waals surface area (Å²) in [5, 5.41) is 1.06. The van der Waals surface area contributed by atoms with Gasteiger partial charge >= 0.3 is 0 Å². The van der Waals surface area contributed by atoms with E-state index in [1.807, 2.05) is 30.3 Å². The molecule has 0 aliphatic rings. The summed E-state index contributed by atoms with van der Waals surface area (Å²) in [5.41, 5.74) is 0.414. The van der Waals surface area contributed by atoms with Crippen molar-refractivity contribution in [1.29, 1.82) is 0 Å². The van der Waals surface area contributed by atoms with Crippen molar-refractivity contribution < 1.29 is 4.57 Å². The Labute approximate surface area is 100 Å². The number of rotatable bonds is 7. The Hall–Kier alpha value is -0.550. The molecule has 0 saturated carbocycles. The van der Waals surface area contributed by atoms with Gasteiger partial charge in [0.1, 0.15) is 7.80 Å². The van der Waals surface area contributed by atoms with Crippen LogP contribution in [-0.4, -0.2) is 5.66 Å². The predicted octanol–water partition coefficient (Wildman–Crippen LogP) is 4.23. The van der Waals surface area contributed by atoms with Gasteiger partial charge in [-0.3, -0.25) is 0 Å². The van der Waals surface area contributed by atoms with Crippen LogP contribution in [-0.2, 0) is 4.57 Å². The summed E-state index contributed by atoms with van der Waals surface area (Å²) in [6, 6.07) is 9.98. The largest absolute Gasteiger partial charge is 0.322 e. The highest BCUT2D eigenvalue weighted by Crippen LogP contribution is 2.34. The van der Waals surface area contributed by atoms with Gasteiger partial charge in [-0.25, -0.2) is 0 Å². The summed E-state index contributed by atoms with van der Waals surface area (Å²) in [6.45, 7) is 4.38. The third kappa shape index (κ3) is 4.14. The fourth-order valence-electron chi connectivity index (χ4n) is 2.04. The lowest BCUT2D eigenvalue weighted by Gasteiger charge is -2.15. The normalized spacial score (nSPS) is 14.6. The van der Waals surface area contributed by atoms with Crippen LogP contribution in [0.5, 0.6) is 0 Å². The van der Waals surface area contributed by atoms with Gasteiger partial charge in [-0.2, -0.15) is 0 Å². The molecule has 0 amide bonds. The minimum atomic E-state index is -1.59. The van der Waals surface area contributed by atoms with E-state index in [1.54, 1.807) is 0 Å². The topological polar surface area (TPSA) is 17.1 Å². The summed E-state index contributed by atoms with van der Waals surface area (Å²) < 4.78 is 12.4. The SMILES string of the molecule is CCCCC(CCC)[PH](=O)c1ccccc1. The quantitative estimate of drug-likeness (QED) is 0.650. The molecule has 0 aromatic heterocycles. The Morgan fingerprint density at radius 1 is 1.06 bits per heavy atom. The van der Waals surface area contributed by atoms with Crippen molar-refractivity contribution in [1.82, 2.24) is 0 Å². The van der Waals surface area contributed by atoms with Gasteiger partial charge in [-0.15, -0.1) is 0 Å². The standard InChI is InChI=1S/C14H23OP/c1-3-5-10-13(9-4-2)16(15)14-11-7-6-8-12-14/h6-8,11-13,16H,3-5,9-10H2,1-2H3. The van der Waals surface area contributed by atoms with Crippen LogP contribution in [0.2, 0.25) is 0 Å². The molecule has 16 heavy (non-hydrogen) atoms. The highest BCUT2D eigenvalue weighted by atomic mass is 31.1. The Bertz CT molecular complexity index is 308. The molecule has 0 fully saturated rings. The van der Waals surface area contributed by atoms with Crippen LogP contribution < -0.4 is 5.30 Å². The molecular weight excluding hydrogens is 215 g/mol. The molecule has 0 aliphatic carbocycles. The zero-order valence-electron chi connectivity index (χ0n) is 10.4. The van der Waals surface area contributed by atoms with Gasteiger partial charge < -0.3 is 4.57 Å². The fraction of sp³-hybridized carbons (Fsp3) is 0.571. The first-order valence-electron chi connectivity index (χ1n) is 6.38. The van der Waals surface area contributed by atoms with E-state index in [0.29, 0.717) is 5.66 Å². The lowest BCUT2D eigenvalue weighted by Crippen LogP contribution is -2.09. The second-order valence-electron chi connectivity index (χ2n) is 4.36. The van der Waals surface area contributed by atoms with Crippen LogP contribution in [0.25, 0.3) is 0 Å². The average Bonchev–Trinajstić information content (AvgIpc) is 2.35. The molecule has 0 radical (unpaired) electrons. The molecular formula is C14H23OP.